The predicted molar refractivity (Wildman–Crippen MR) is 46.6 cm³/mol. The maximum atomic E-state index is 11.0. The molecule has 1 atom stereocenters. The van der Waals surface area contributed by atoms with Crippen LogP contribution in [0.2, 0.25) is 0 Å². The van der Waals surface area contributed by atoms with Crippen molar-refractivity contribution in [1.29, 1.82) is 0 Å². The molecule has 1 aromatic carbocycles. The molecule has 0 fully saturated rings. The minimum atomic E-state index is -2.43. The van der Waals surface area contributed by atoms with Crippen LogP contribution in [-0.2, 0) is 15.8 Å². The summed E-state index contributed by atoms with van der Waals surface area (Å²) in [4.78, 5) is 10.9. The molecule has 1 aromatic rings. The Morgan fingerprint density at radius 2 is 2.13 bits per heavy atom. The van der Waals surface area contributed by atoms with Gasteiger partial charge >= 0.3 is 35.5 Å². The SMILES string of the molecule is COC(=O)c1cc(S(=O)[O-])ccc1O.[Na+]. The van der Waals surface area contributed by atoms with Crippen LogP contribution in [0, 0.1) is 0 Å². The van der Waals surface area contributed by atoms with E-state index >= 15 is 0 Å². The van der Waals surface area contributed by atoms with Gasteiger partial charge in [-0.1, -0.05) is 0 Å². The Morgan fingerprint density at radius 3 is 2.60 bits per heavy atom. The first-order valence-electron chi connectivity index (χ1n) is 3.57. The molecule has 1 unspecified atom stereocenters. The first-order valence-corrected chi connectivity index (χ1v) is 4.64. The van der Waals surface area contributed by atoms with Crippen molar-refractivity contribution in [2.45, 2.75) is 4.90 Å². The minimum absolute atomic E-state index is 0. The number of esters is 1. The average molecular weight is 238 g/mol. The fourth-order valence-corrected chi connectivity index (χ4v) is 1.29. The van der Waals surface area contributed by atoms with Gasteiger partial charge in [0.1, 0.15) is 11.3 Å². The van der Waals surface area contributed by atoms with Crippen molar-refractivity contribution in [3.05, 3.63) is 23.8 Å². The third-order valence-corrected chi connectivity index (χ3v) is 2.20. The fourth-order valence-electron chi connectivity index (χ4n) is 0.892. The third-order valence-electron chi connectivity index (χ3n) is 1.57. The average Bonchev–Trinajstić information content (AvgIpc) is 2.17. The van der Waals surface area contributed by atoms with Crippen LogP contribution in [0.1, 0.15) is 10.4 Å². The molecule has 0 aliphatic heterocycles. The third kappa shape index (κ3) is 3.58. The molecule has 0 spiro atoms. The van der Waals surface area contributed by atoms with Gasteiger partial charge in [-0.15, -0.1) is 0 Å². The van der Waals surface area contributed by atoms with Gasteiger partial charge in [0.25, 0.3) is 0 Å². The first-order chi connectivity index (χ1) is 6.56. The Balaban J connectivity index is 0.00000196. The van der Waals surface area contributed by atoms with E-state index in [-0.39, 0.29) is 45.8 Å². The fraction of sp³-hybridized carbons (Fsp3) is 0.125. The van der Waals surface area contributed by atoms with Crippen LogP contribution in [0.3, 0.4) is 0 Å². The zero-order valence-corrected chi connectivity index (χ0v) is 11.0. The molecule has 0 saturated carbocycles. The number of aromatic hydroxyl groups is 1. The van der Waals surface area contributed by atoms with Crippen molar-refractivity contribution in [1.82, 2.24) is 0 Å². The largest absolute Gasteiger partial charge is 1.00 e. The maximum absolute atomic E-state index is 11.0. The molecule has 0 saturated heterocycles. The van der Waals surface area contributed by atoms with E-state index in [0.29, 0.717) is 0 Å². The Labute approximate surface area is 111 Å². The zero-order chi connectivity index (χ0) is 10.7. The van der Waals surface area contributed by atoms with Crippen molar-refractivity contribution in [3.8, 4) is 5.75 Å². The molecule has 0 aliphatic rings. The van der Waals surface area contributed by atoms with Gasteiger partial charge in [0.05, 0.1) is 7.11 Å². The number of carbonyl (C=O) groups is 1. The number of ether oxygens (including phenoxy) is 1. The molecular weight excluding hydrogens is 231 g/mol. The number of phenolic OH excluding ortho intramolecular Hbond substituents is 1. The Kier molecular flexibility index (Phi) is 6.07. The number of benzene rings is 1. The second-order valence-corrected chi connectivity index (χ2v) is 3.35. The van der Waals surface area contributed by atoms with Gasteiger partial charge in [-0.25, -0.2) is 4.79 Å². The number of rotatable bonds is 2. The van der Waals surface area contributed by atoms with E-state index < -0.39 is 17.0 Å². The summed E-state index contributed by atoms with van der Waals surface area (Å²) in [7, 11) is 1.14. The van der Waals surface area contributed by atoms with E-state index in [0.717, 1.165) is 19.2 Å². The summed E-state index contributed by atoms with van der Waals surface area (Å²) < 4.78 is 25.4. The summed E-state index contributed by atoms with van der Waals surface area (Å²) in [6.07, 6.45) is 0. The van der Waals surface area contributed by atoms with Crippen LogP contribution in [0.5, 0.6) is 5.75 Å². The predicted octanol–water partition coefficient (Wildman–Crippen LogP) is -2.58. The number of hydrogen-bond acceptors (Lipinski definition) is 5. The first kappa shape index (κ1) is 14.6. The van der Waals surface area contributed by atoms with Gasteiger partial charge in [-0.05, 0) is 29.3 Å². The van der Waals surface area contributed by atoms with E-state index in [2.05, 4.69) is 4.74 Å². The molecule has 7 heteroatoms. The summed E-state index contributed by atoms with van der Waals surface area (Å²) in [6, 6.07) is 3.35. The standard InChI is InChI=1S/C8H8O5S.Na/c1-13-8(10)6-4-5(14(11)12)2-3-7(6)9;/h2-4,9H,1H3,(H,11,12);/q;+1/p-1. The van der Waals surface area contributed by atoms with E-state index in [1.807, 2.05) is 0 Å². The molecular formula is C8H7NaO5S. The van der Waals surface area contributed by atoms with Gasteiger partial charge in [-0.2, -0.15) is 0 Å². The smallest absolute Gasteiger partial charge is 0.768 e. The van der Waals surface area contributed by atoms with E-state index in [4.69, 9.17) is 0 Å². The van der Waals surface area contributed by atoms with Crippen molar-refractivity contribution in [2.24, 2.45) is 0 Å². The van der Waals surface area contributed by atoms with Crippen molar-refractivity contribution < 1.29 is 53.0 Å². The van der Waals surface area contributed by atoms with Gasteiger partial charge in [0, 0.05) is 4.90 Å². The molecule has 0 amide bonds. The monoisotopic (exact) mass is 238 g/mol. The number of methoxy groups -OCH3 is 1. The number of phenols is 1. The molecule has 1 N–H and O–H groups in total. The molecule has 0 aromatic heterocycles. The van der Waals surface area contributed by atoms with Crippen LogP contribution in [0.4, 0.5) is 0 Å². The molecule has 1 rings (SSSR count). The summed E-state index contributed by atoms with van der Waals surface area (Å²) >= 11 is -2.43. The second-order valence-electron chi connectivity index (χ2n) is 2.41. The maximum Gasteiger partial charge on any atom is 1.00 e. The van der Waals surface area contributed by atoms with E-state index in [1.54, 1.807) is 0 Å². The van der Waals surface area contributed by atoms with Gasteiger partial charge < -0.3 is 14.4 Å². The number of carbonyl (C=O) groups excluding carboxylic acids is 1. The zero-order valence-electron chi connectivity index (χ0n) is 8.22. The molecule has 0 aliphatic carbocycles. The Bertz CT molecular complexity index is 393. The molecule has 15 heavy (non-hydrogen) atoms. The van der Waals surface area contributed by atoms with Crippen LogP contribution >= 0.6 is 0 Å². The van der Waals surface area contributed by atoms with Crippen molar-refractivity contribution >= 4 is 17.0 Å². The minimum Gasteiger partial charge on any atom is -0.768 e. The normalized spacial score (nSPS) is 11.3. The molecule has 0 radical (unpaired) electrons. The van der Waals surface area contributed by atoms with Crippen molar-refractivity contribution in [3.63, 3.8) is 0 Å². The van der Waals surface area contributed by atoms with Gasteiger partial charge in [0.15, 0.2) is 0 Å². The molecule has 76 valence electrons. The number of hydrogen-bond donors (Lipinski definition) is 1. The van der Waals surface area contributed by atoms with Crippen LogP contribution in [0.25, 0.3) is 0 Å². The topological polar surface area (TPSA) is 86.7 Å². The molecule has 0 heterocycles. The summed E-state index contributed by atoms with van der Waals surface area (Å²) in [5.74, 6) is -1.10. The van der Waals surface area contributed by atoms with Crippen LogP contribution in [-0.4, -0.2) is 26.9 Å². The molecule has 5 nitrogen and oxygen atoms in total. The Hall–Kier alpha value is -0.400. The van der Waals surface area contributed by atoms with Crippen LogP contribution < -0.4 is 29.6 Å². The second kappa shape index (κ2) is 6.24. The van der Waals surface area contributed by atoms with E-state index in [9.17, 15) is 18.7 Å². The quantitative estimate of drug-likeness (QED) is 0.347. The van der Waals surface area contributed by atoms with Crippen molar-refractivity contribution in [2.75, 3.05) is 7.11 Å². The molecule has 0 bridgehead atoms. The van der Waals surface area contributed by atoms with Crippen LogP contribution in [0.15, 0.2) is 23.1 Å². The summed E-state index contributed by atoms with van der Waals surface area (Å²) in [5, 5.41) is 9.22. The summed E-state index contributed by atoms with van der Waals surface area (Å²) in [6.45, 7) is 0. The van der Waals surface area contributed by atoms with Gasteiger partial charge in [0.2, 0.25) is 0 Å². The van der Waals surface area contributed by atoms with E-state index in [1.165, 1.54) is 6.07 Å². The Morgan fingerprint density at radius 1 is 1.53 bits per heavy atom. The summed E-state index contributed by atoms with van der Waals surface area (Å²) in [5.41, 5.74) is -0.172. The van der Waals surface area contributed by atoms with Gasteiger partial charge in [-0.3, -0.25) is 4.21 Å².